The van der Waals surface area contributed by atoms with Crippen LogP contribution in [-0.2, 0) is 0 Å². The van der Waals surface area contributed by atoms with Crippen molar-refractivity contribution in [3.8, 4) is 0 Å². The molecule has 0 saturated heterocycles. The molecule has 0 radical (unpaired) electrons. The number of benzene rings is 1. The number of halogens is 1. The molecule has 1 aliphatic rings. The van der Waals surface area contributed by atoms with Crippen LogP contribution in [0.2, 0.25) is 0 Å². The molecule has 1 atom stereocenters. The molecule has 5 heteroatoms. The Hall–Kier alpha value is -1.55. The summed E-state index contributed by atoms with van der Waals surface area (Å²) in [6, 6.07) is 8.21. The van der Waals surface area contributed by atoms with Crippen LogP contribution in [0.25, 0.3) is 0 Å². The maximum atomic E-state index is 7.05. The average Bonchev–Trinajstić information content (AvgIpc) is 2.54. The van der Waals surface area contributed by atoms with Crippen molar-refractivity contribution in [2.24, 2.45) is 10.8 Å². The second kappa shape index (κ2) is 4.99. The second-order valence-electron chi connectivity index (χ2n) is 3.78. The Morgan fingerprint density at radius 1 is 1.50 bits per heavy atom. The third kappa shape index (κ3) is 2.33. The fourth-order valence-corrected chi connectivity index (χ4v) is 1.93. The standard InChI is InChI=1S/C11H14N4.ClH/c1-7-6-10(14-15-11(12)13)9-5-3-2-4-8(7)9;/h2-5,7H,6H2,1H3,(H4,12,13,15);1H/t7-;/m0./s1. The van der Waals surface area contributed by atoms with Crippen molar-refractivity contribution >= 4 is 24.1 Å². The van der Waals surface area contributed by atoms with E-state index < -0.39 is 0 Å². The fraction of sp³-hybridized carbons (Fsp3) is 0.273. The van der Waals surface area contributed by atoms with Crippen LogP contribution in [-0.4, -0.2) is 11.7 Å². The van der Waals surface area contributed by atoms with E-state index in [9.17, 15) is 0 Å². The first-order valence-electron chi connectivity index (χ1n) is 4.94. The van der Waals surface area contributed by atoms with Crippen LogP contribution in [0.15, 0.2) is 29.4 Å². The second-order valence-corrected chi connectivity index (χ2v) is 3.78. The zero-order valence-corrected chi connectivity index (χ0v) is 9.84. The van der Waals surface area contributed by atoms with Gasteiger partial charge in [-0.3, -0.25) is 5.41 Å². The molecular weight excluding hydrogens is 224 g/mol. The van der Waals surface area contributed by atoms with Crippen LogP contribution in [0.1, 0.15) is 30.4 Å². The van der Waals surface area contributed by atoms with E-state index in [1.165, 1.54) is 11.1 Å². The molecule has 1 aromatic rings. The number of nitrogens with zero attached hydrogens (tertiary/aromatic N) is 1. The van der Waals surface area contributed by atoms with Crippen molar-refractivity contribution in [2.75, 3.05) is 0 Å². The lowest BCUT2D eigenvalue weighted by Crippen LogP contribution is -2.26. The van der Waals surface area contributed by atoms with Crippen LogP contribution in [0, 0.1) is 5.41 Å². The number of hydrazone groups is 1. The van der Waals surface area contributed by atoms with Gasteiger partial charge in [0.05, 0.1) is 5.71 Å². The van der Waals surface area contributed by atoms with Crippen molar-refractivity contribution in [2.45, 2.75) is 19.3 Å². The van der Waals surface area contributed by atoms with Gasteiger partial charge in [-0.1, -0.05) is 31.2 Å². The third-order valence-electron chi connectivity index (χ3n) is 2.61. The van der Waals surface area contributed by atoms with Crippen molar-refractivity contribution in [1.29, 1.82) is 5.41 Å². The molecule has 4 nitrogen and oxygen atoms in total. The van der Waals surface area contributed by atoms with Gasteiger partial charge in [-0.15, -0.1) is 12.4 Å². The van der Waals surface area contributed by atoms with E-state index in [0.29, 0.717) is 5.92 Å². The van der Waals surface area contributed by atoms with Gasteiger partial charge in [-0.05, 0) is 17.9 Å². The van der Waals surface area contributed by atoms with Gasteiger partial charge in [0.1, 0.15) is 0 Å². The van der Waals surface area contributed by atoms with E-state index in [2.05, 4.69) is 29.6 Å². The van der Waals surface area contributed by atoms with E-state index in [0.717, 1.165) is 12.1 Å². The monoisotopic (exact) mass is 238 g/mol. The van der Waals surface area contributed by atoms with Crippen LogP contribution >= 0.6 is 12.4 Å². The Morgan fingerprint density at radius 3 is 2.88 bits per heavy atom. The number of nitrogens with one attached hydrogen (secondary N) is 2. The minimum atomic E-state index is -0.125. The number of fused-ring (bicyclic) bond motifs is 1. The molecule has 2 rings (SSSR count). The summed E-state index contributed by atoms with van der Waals surface area (Å²) >= 11 is 0. The first kappa shape index (κ1) is 12.5. The van der Waals surface area contributed by atoms with Gasteiger partial charge in [0.15, 0.2) is 0 Å². The summed E-state index contributed by atoms with van der Waals surface area (Å²) in [6.07, 6.45) is 0.902. The summed E-state index contributed by atoms with van der Waals surface area (Å²) < 4.78 is 0. The molecule has 0 amide bonds. The molecule has 86 valence electrons. The molecule has 0 spiro atoms. The van der Waals surface area contributed by atoms with Crippen LogP contribution in [0.5, 0.6) is 0 Å². The van der Waals surface area contributed by atoms with Gasteiger partial charge >= 0.3 is 0 Å². The van der Waals surface area contributed by atoms with E-state index in [1.54, 1.807) is 0 Å². The molecule has 4 N–H and O–H groups in total. The largest absolute Gasteiger partial charge is 0.369 e. The van der Waals surface area contributed by atoms with Gasteiger partial charge in [0, 0.05) is 5.56 Å². The quantitative estimate of drug-likeness (QED) is 0.397. The number of hydrogen-bond donors (Lipinski definition) is 3. The molecule has 0 unspecified atom stereocenters. The van der Waals surface area contributed by atoms with Crippen molar-refractivity contribution in [3.63, 3.8) is 0 Å². The summed E-state index contributed by atoms with van der Waals surface area (Å²) in [4.78, 5) is 0. The smallest absolute Gasteiger partial charge is 0.206 e. The summed E-state index contributed by atoms with van der Waals surface area (Å²) in [5.74, 6) is 0.369. The number of rotatable bonds is 1. The lowest BCUT2D eigenvalue weighted by molar-refractivity contribution is 0.829. The minimum Gasteiger partial charge on any atom is -0.369 e. The fourth-order valence-electron chi connectivity index (χ4n) is 1.93. The molecule has 16 heavy (non-hydrogen) atoms. The molecule has 0 aromatic heterocycles. The maximum Gasteiger partial charge on any atom is 0.206 e. The highest BCUT2D eigenvalue weighted by atomic mass is 35.5. The SMILES string of the molecule is C[C@H]1CC(=NNC(=N)N)c2ccccc21.Cl. The third-order valence-corrected chi connectivity index (χ3v) is 2.61. The number of hydrogen-bond acceptors (Lipinski definition) is 2. The summed E-state index contributed by atoms with van der Waals surface area (Å²) in [5.41, 5.74) is 11.2. The summed E-state index contributed by atoms with van der Waals surface area (Å²) in [6.45, 7) is 2.18. The molecule has 1 aliphatic carbocycles. The molecule has 0 aliphatic heterocycles. The van der Waals surface area contributed by atoms with E-state index in [-0.39, 0.29) is 18.4 Å². The topological polar surface area (TPSA) is 74.3 Å². The van der Waals surface area contributed by atoms with E-state index in [1.807, 2.05) is 12.1 Å². The zero-order chi connectivity index (χ0) is 10.8. The molecule has 0 heterocycles. The van der Waals surface area contributed by atoms with Crippen LogP contribution in [0.3, 0.4) is 0 Å². The number of guanidine groups is 1. The Labute approximate surface area is 101 Å². The van der Waals surface area contributed by atoms with Gasteiger partial charge in [-0.2, -0.15) is 5.10 Å². The predicted molar refractivity (Wildman–Crippen MR) is 68.3 cm³/mol. The predicted octanol–water partition coefficient (Wildman–Crippen LogP) is 1.80. The first-order valence-corrected chi connectivity index (χ1v) is 4.94. The van der Waals surface area contributed by atoms with E-state index in [4.69, 9.17) is 11.1 Å². The normalized spacial score (nSPS) is 20.1. The first-order chi connectivity index (χ1) is 7.18. The van der Waals surface area contributed by atoms with Gasteiger partial charge in [-0.25, -0.2) is 5.43 Å². The average molecular weight is 239 g/mol. The van der Waals surface area contributed by atoms with Gasteiger partial charge < -0.3 is 5.73 Å². The van der Waals surface area contributed by atoms with Crippen molar-refractivity contribution in [1.82, 2.24) is 5.43 Å². The lowest BCUT2D eigenvalue weighted by atomic mass is 10.0. The zero-order valence-electron chi connectivity index (χ0n) is 9.03. The van der Waals surface area contributed by atoms with Crippen molar-refractivity contribution < 1.29 is 0 Å². The Balaban J connectivity index is 0.00000128. The Morgan fingerprint density at radius 2 is 2.19 bits per heavy atom. The molecule has 1 aromatic carbocycles. The number of nitrogens with two attached hydrogens (primary N) is 1. The molecular formula is C11H15ClN4. The summed E-state index contributed by atoms with van der Waals surface area (Å²) in [5, 5.41) is 11.2. The van der Waals surface area contributed by atoms with Gasteiger partial charge in [0.25, 0.3) is 0 Å². The maximum absolute atomic E-state index is 7.05. The molecule has 0 bridgehead atoms. The highest BCUT2D eigenvalue weighted by molar-refractivity contribution is 6.05. The lowest BCUT2D eigenvalue weighted by Gasteiger charge is -2.00. The Bertz CT molecular complexity index is 428. The highest BCUT2D eigenvalue weighted by Crippen LogP contribution is 2.32. The van der Waals surface area contributed by atoms with Crippen molar-refractivity contribution in [3.05, 3.63) is 35.4 Å². The van der Waals surface area contributed by atoms with Crippen LogP contribution in [0.4, 0.5) is 0 Å². The minimum absolute atomic E-state index is 0. The van der Waals surface area contributed by atoms with Crippen LogP contribution < -0.4 is 11.2 Å². The summed E-state index contributed by atoms with van der Waals surface area (Å²) in [7, 11) is 0. The molecule has 0 fully saturated rings. The molecule has 0 saturated carbocycles. The highest BCUT2D eigenvalue weighted by Gasteiger charge is 2.23. The Kier molecular flexibility index (Phi) is 3.90. The van der Waals surface area contributed by atoms with Gasteiger partial charge in [0.2, 0.25) is 5.96 Å². The van der Waals surface area contributed by atoms with E-state index >= 15 is 0 Å².